The molecule has 4 rings (SSSR count). The van der Waals surface area contributed by atoms with Gasteiger partial charge in [-0.05, 0) is 54.8 Å². The lowest BCUT2D eigenvalue weighted by Gasteiger charge is -2.34. The van der Waals surface area contributed by atoms with Crippen LogP contribution in [-0.2, 0) is 32.6 Å². The lowest BCUT2D eigenvalue weighted by molar-refractivity contribution is -0.140. The normalized spacial score (nSPS) is 11.9. The van der Waals surface area contributed by atoms with Crippen molar-refractivity contribution in [3.63, 3.8) is 0 Å². The Morgan fingerprint density at radius 1 is 0.837 bits per heavy atom. The topological polar surface area (TPSA) is 86.8 Å². The van der Waals surface area contributed by atoms with Gasteiger partial charge in [0, 0.05) is 24.5 Å². The number of sulfonamides is 1. The van der Waals surface area contributed by atoms with Crippen LogP contribution in [0.2, 0.25) is 5.02 Å². The summed E-state index contributed by atoms with van der Waals surface area (Å²) in [5, 5.41) is 3.38. The zero-order valence-electron chi connectivity index (χ0n) is 24.3. The molecule has 0 saturated carbocycles. The minimum atomic E-state index is -4.14. The molecule has 7 nitrogen and oxygen atoms in total. The molecule has 0 aliphatic heterocycles. The number of carbonyl (C=O) groups excluding carboxylic acids is 2. The highest BCUT2D eigenvalue weighted by atomic mass is 35.5. The number of aryl methyl sites for hydroxylation is 1. The second-order valence-corrected chi connectivity index (χ2v) is 12.5. The molecule has 9 heteroatoms. The number of halogens is 1. The van der Waals surface area contributed by atoms with E-state index < -0.39 is 28.5 Å². The SMILES string of the molecule is CCCNC(=O)[C@H](Cc1ccccc1)N(Cc1ccccc1Cl)C(=O)CN(c1ccccc1)S(=O)(=O)c1ccc(C)cc1. The number of rotatable bonds is 13. The van der Waals surface area contributed by atoms with Gasteiger partial charge in [0.15, 0.2) is 0 Å². The fourth-order valence-corrected chi connectivity index (χ4v) is 6.30. The molecule has 43 heavy (non-hydrogen) atoms. The Morgan fingerprint density at radius 3 is 2.07 bits per heavy atom. The van der Waals surface area contributed by atoms with Gasteiger partial charge in [0.2, 0.25) is 11.8 Å². The van der Waals surface area contributed by atoms with Crippen molar-refractivity contribution in [3.8, 4) is 0 Å². The van der Waals surface area contributed by atoms with Gasteiger partial charge >= 0.3 is 0 Å². The molecule has 0 aliphatic rings. The summed E-state index contributed by atoms with van der Waals surface area (Å²) in [6.45, 7) is 3.76. The van der Waals surface area contributed by atoms with Crippen LogP contribution in [-0.4, -0.2) is 44.3 Å². The molecule has 1 atom stereocenters. The van der Waals surface area contributed by atoms with Crippen LogP contribution in [0.25, 0.3) is 0 Å². The van der Waals surface area contributed by atoms with Gasteiger partial charge < -0.3 is 10.2 Å². The predicted octanol–water partition coefficient (Wildman–Crippen LogP) is 6.01. The minimum absolute atomic E-state index is 0.0166. The molecule has 1 N–H and O–H groups in total. The van der Waals surface area contributed by atoms with E-state index in [2.05, 4.69) is 5.32 Å². The van der Waals surface area contributed by atoms with E-state index >= 15 is 0 Å². The van der Waals surface area contributed by atoms with E-state index in [0.29, 0.717) is 22.8 Å². The zero-order valence-corrected chi connectivity index (χ0v) is 25.9. The lowest BCUT2D eigenvalue weighted by Crippen LogP contribution is -2.53. The van der Waals surface area contributed by atoms with Crippen LogP contribution in [0.4, 0.5) is 5.69 Å². The lowest BCUT2D eigenvalue weighted by atomic mass is 10.0. The van der Waals surface area contributed by atoms with Gasteiger partial charge in [-0.25, -0.2) is 8.42 Å². The van der Waals surface area contributed by atoms with Crippen molar-refractivity contribution in [2.24, 2.45) is 0 Å². The minimum Gasteiger partial charge on any atom is -0.354 e. The van der Waals surface area contributed by atoms with Crippen LogP contribution in [0.3, 0.4) is 0 Å². The molecule has 0 spiro atoms. The maximum absolute atomic E-state index is 14.4. The second-order valence-electron chi connectivity index (χ2n) is 10.3. The number of para-hydroxylation sites is 1. The van der Waals surface area contributed by atoms with Crippen LogP contribution >= 0.6 is 11.6 Å². The monoisotopic (exact) mass is 617 g/mol. The summed E-state index contributed by atoms with van der Waals surface area (Å²) in [5.41, 5.74) is 2.76. The number of anilines is 1. The summed E-state index contributed by atoms with van der Waals surface area (Å²) >= 11 is 6.52. The molecule has 0 aliphatic carbocycles. The van der Waals surface area contributed by atoms with Gasteiger partial charge in [0.25, 0.3) is 10.0 Å². The molecule has 224 valence electrons. The van der Waals surface area contributed by atoms with E-state index in [4.69, 9.17) is 11.6 Å². The van der Waals surface area contributed by atoms with Gasteiger partial charge in [0.1, 0.15) is 12.6 Å². The van der Waals surface area contributed by atoms with E-state index in [9.17, 15) is 18.0 Å². The zero-order chi connectivity index (χ0) is 30.8. The van der Waals surface area contributed by atoms with Crippen molar-refractivity contribution >= 4 is 39.1 Å². The Hall–Kier alpha value is -4.14. The molecule has 0 radical (unpaired) electrons. The molecule has 4 aromatic carbocycles. The fourth-order valence-electron chi connectivity index (χ4n) is 4.69. The van der Waals surface area contributed by atoms with Gasteiger partial charge in [-0.15, -0.1) is 0 Å². The second kappa shape index (κ2) is 14.8. The number of hydrogen-bond acceptors (Lipinski definition) is 4. The first-order valence-electron chi connectivity index (χ1n) is 14.2. The molecule has 0 unspecified atom stereocenters. The van der Waals surface area contributed by atoms with Crippen molar-refractivity contribution in [1.82, 2.24) is 10.2 Å². The van der Waals surface area contributed by atoms with Gasteiger partial charge in [0.05, 0.1) is 10.6 Å². The molecule has 0 bridgehead atoms. The molecule has 0 heterocycles. The quantitative estimate of drug-likeness (QED) is 0.199. The fraction of sp³-hybridized carbons (Fsp3) is 0.235. The average Bonchev–Trinajstić information content (AvgIpc) is 3.02. The Bertz CT molecular complexity index is 1610. The highest BCUT2D eigenvalue weighted by Crippen LogP contribution is 2.26. The largest absolute Gasteiger partial charge is 0.354 e. The molecule has 2 amide bonds. The third-order valence-corrected chi connectivity index (χ3v) is 9.21. The summed E-state index contributed by atoms with van der Waals surface area (Å²) in [6.07, 6.45) is 0.960. The number of carbonyl (C=O) groups is 2. The van der Waals surface area contributed by atoms with Crippen LogP contribution < -0.4 is 9.62 Å². The smallest absolute Gasteiger partial charge is 0.264 e. The maximum atomic E-state index is 14.4. The first-order valence-corrected chi connectivity index (χ1v) is 16.0. The van der Waals surface area contributed by atoms with Crippen LogP contribution in [0.5, 0.6) is 0 Å². The Kier molecular flexibility index (Phi) is 11.0. The molecule has 4 aromatic rings. The number of amides is 2. The first-order chi connectivity index (χ1) is 20.7. The standard InChI is InChI=1S/C34H36ClN3O4S/c1-3-22-36-34(40)32(23-27-12-6-4-7-13-27)37(24-28-14-10-11-17-31(28)35)33(39)25-38(29-15-8-5-9-16-29)43(41,42)30-20-18-26(2)19-21-30/h4-21,32H,3,22-25H2,1-2H3,(H,36,40)/t32-/m0/s1. The number of benzene rings is 4. The number of nitrogens with zero attached hydrogens (tertiary/aromatic N) is 2. The van der Waals surface area contributed by atoms with E-state index in [1.54, 1.807) is 60.7 Å². The summed E-state index contributed by atoms with van der Waals surface area (Å²) < 4.78 is 29.1. The van der Waals surface area contributed by atoms with Crippen LogP contribution in [0.15, 0.2) is 114 Å². The molecule has 0 saturated heterocycles. The first kappa shape index (κ1) is 31.8. The maximum Gasteiger partial charge on any atom is 0.264 e. The summed E-state index contributed by atoms with van der Waals surface area (Å²) in [5.74, 6) is -0.856. The Balaban J connectivity index is 1.78. The van der Waals surface area contributed by atoms with Crippen LogP contribution in [0, 0.1) is 6.92 Å². The Morgan fingerprint density at radius 2 is 1.44 bits per heavy atom. The average molecular weight is 618 g/mol. The van der Waals surface area contributed by atoms with Crippen molar-refractivity contribution in [3.05, 3.63) is 131 Å². The van der Waals surface area contributed by atoms with Gasteiger partial charge in [-0.3, -0.25) is 13.9 Å². The van der Waals surface area contributed by atoms with Crippen molar-refractivity contribution < 1.29 is 18.0 Å². The van der Waals surface area contributed by atoms with Gasteiger partial charge in [-0.1, -0.05) is 103 Å². The Labute approximate surface area is 259 Å². The molecular formula is C34H36ClN3O4S. The van der Waals surface area contributed by atoms with Crippen molar-refractivity contribution in [2.75, 3.05) is 17.4 Å². The van der Waals surface area contributed by atoms with Gasteiger partial charge in [-0.2, -0.15) is 0 Å². The summed E-state index contributed by atoms with van der Waals surface area (Å²) in [7, 11) is -4.14. The van der Waals surface area contributed by atoms with E-state index in [-0.39, 0.29) is 23.8 Å². The predicted molar refractivity (Wildman–Crippen MR) is 171 cm³/mol. The van der Waals surface area contributed by atoms with E-state index in [1.165, 1.54) is 17.0 Å². The molecular weight excluding hydrogens is 582 g/mol. The van der Waals surface area contributed by atoms with Crippen LogP contribution in [0.1, 0.15) is 30.0 Å². The molecule has 0 fully saturated rings. The molecule has 0 aromatic heterocycles. The third kappa shape index (κ3) is 8.24. The highest BCUT2D eigenvalue weighted by molar-refractivity contribution is 7.92. The van der Waals surface area contributed by atoms with E-state index in [1.807, 2.05) is 50.2 Å². The third-order valence-electron chi connectivity index (χ3n) is 7.05. The highest BCUT2D eigenvalue weighted by Gasteiger charge is 2.34. The number of hydrogen-bond donors (Lipinski definition) is 1. The van der Waals surface area contributed by atoms with Crippen molar-refractivity contribution in [1.29, 1.82) is 0 Å². The van der Waals surface area contributed by atoms with E-state index in [0.717, 1.165) is 21.9 Å². The number of nitrogens with one attached hydrogen (secondary N) is 1. The van der Waals surface area contributed by atoms with Crippen molar-refractivity contribution in [2.45, 2.75) is 44.2 Å². The summed E-state index contributed by atoms with van der Waals surface area (Å²) in [4.78, 5) is 29.6. The summed E-state index contributed by atoms with van der Waals surface area (Å²) in [6, 6.07) is 30.6.